The van der Waals surface area contributed by atoms with E-state index in [1.807, 2.05) is 0 Å². The summed E-state index contributed by atoms with van der Waals surface area (Å²) < 4.78 is 0. The standard InChI is InChI=1S/C4H4N2O.CH4N2O/c7-4-3-5-1-2-6-4;2-1(3)4/h1-3H,(H,6,7);(H4,2,3,4). The van der Waals surface area contributed by atoms with Crippen LogP contribution in [0.1, 0.15) is 0 Å². The van der Waals surface area contributed by atoms with Crippen LogP contribution in [0, 0.1) is 0 Å². The smallest absolute Gasteiger partial charge is 0.309 e. The normalized spacial score (nSPS) is 7.64. The first kappa shape index (κ1) is 9.15. The van der Waals surface area contributed by atoms with Crippen LogP contribution < -0.4 is 17.0 Å². The maximum absolute atomic E-state index is 10.2. The number of rotatable bonds is 0. The molecule has 11 heavy (non-hydrogen) atoms. The molecule has 60 valence electrons. The maximum Gasteiger partial charge on any atom is 0.309 e. The highest BCUT2D eigenvalue weighted by Gasteiger charge is 1.70. The lowest BCUT2D eigenvalue weighted by molar-refractivity contribution is 0.256. The van der Waals surface area contributed by atoms with Gasteiger partial charge in [-0.25, -0.2) is 4.79 Å². The van der Waals surface area contributed by atoms with E-state index in [1.54, 1.807) is 0 Å². The van der Waals surface area contributed by atoms with Gasteiger partial charge in [-0.1, -0.05) is 0 Å². The Morgan fingerprint density at radius 2 is 2.09 bits per heavy atom. The van der Waals surface area contributed by atoms with Crippen LogP contribution in [0.5, 0.6) is 0 Å². The van der Waals surface area contributed by atoms with Crippen LogP contribution in [0.4, 0.5) is 4.79 Å². The van der Waals surface area contributed by atoms with E-state index in [0.29, 0.717) is 0 Å². The minimum absolute atomic E-state index is 0.164. The van der Waals surface area contributed by atoms with E-state index < -0.39 is 6.03 Å². The zero-order valence-electron chi connectivity index (χ0n) is 5.65. The van der Waals surface area contributed by atoms with E-state index in [4.69, 9.17) is 4.79 Å². The molecular formula is C5H8N4O2. The summed E-state index contributed by atoms with van der Waals surface area (Å²) in [6.07, 6.45) is 4.23. The Kier molecular flexibility index (Phi) is 4.14. The molecule has 0 fully saturated rings. The molecule has 0 aromatic carbocycles. The van der Waals surface area contributed by atoms with E-state index in [-0.39, 0.29) is 5.56 Å². The first-order valence-electron chi connectivity index (χ1n) is 2.66. The van der Waals surface area contributed by atoms with Gasteiger partial charge in [0.2, 0.25) is 0 Å². The second kappa shape index (κ2) is 4.98. The molecular weight excluding hydrogens is 148 g/mol. The number of urea groups is 1. The molecule has 1 aromatic heterocycles. The van der Waals surface area contributed by atoms with Crippen molar-refractivity contribution in [1.82, 2.24) is 9.97 Å². The third-order valence-corrected chi connectivity index (χ3v) is 0.578. The van der Waals surface area contributed by atoms with Crippen LogP contribution >= 0.6 is 0 Å². The zero-order chi connectivity index (χ0) is 8.69. The lowest BCUT2D eigenvalue weighted by atomic mass is 10.8. The fourth-order valence-electron chi connectivity index (χ4n) is 0.310. The Morgan fingerprint density at radius 1 is 1.55 bits per heavy atom. The number of hydrogen-bond acceptors (Lipinski definition) is 3. The van der Waals surface area contributed by atoms with Gasteiger partial charge < -0.3 is 16.5 Å². The molecule has 1 heterocycles. The number of aromatic nitrogens is 2. The molecule has 0 bridgehead atoms. The number of H-pyrrole nitrogens is 1. The van der Waals surface area contributed by atoms with Gasteiger partial charge in [0.05, 0.1) is 6.20 Å². The van der Waals surface area contributed by atoms with Crippen molar-refractivity contribution in [3.8, 4) is 0 Å². The van der Waals surface area contributed by atoms with Crippen molar-refractivity contribution < 1.29 is 4.79 Å². The number of aromatic amines is 1. The van der Waals surface area contributed by atoms with Crippen molar-refractivity contribution in [2.45, 2.75) is 0 Å². The van der Waals surface area contributed by atoms with Crippen molar-refractivity contribution >= 4 is 6.03 Å². The topological polar surface area (TPSA) is 115 Å². The Bertz CT molecular complexity index is 248. The Labute approximate surface area is 62.2 Å². The molecule has 6 nitrogen and oxygen atoms in total. The van der Waals surface area contributed by atoms with Gasteiger partial charge in [-0.3, -0.25) is 9.78 Å². The quantitative estimate of drug-likeness (QED) is 0.437. The van der Waals surface area contributed by atoms with Crippen molar-refractivity contribution in [2.24, 2.45) is 11.5 Å². The van der Waals surface area contributed by atoms with Gasteiger partial charge in [-0.15, -0.1) is 0 Å². The van der Waals surface area contributed by atoms with E-state index in [1.165, 1.54) is 18.6 Å². The van der Waals surface area contributed by atoms with Crippen LogP contribution in [-0.2, 0) is 0 Å². The molecule has 1 rings (SSSR count). The van der Waals surface area contributed by atoms with Gasteiger partial charge in [-0.2, -0.15) is 0 Å². The predicted molar refractivity (Wildman–Crippen MR) is 38.6 cm³/mol. The fraction of sp³-hybridized carbons (Fsp3) is 0. The minimum atomic E-state index is -0.833. The number of carbonyl (C=O) groups is 1. The molecule has 0 aliphatic carbocycles. The average Bonchev–Trinajstić information content (AvgIpc) is 1.87. The summed E-state index contributed by atoms with van der Waals surface area (Å²) in [6.45, 7) is 0. The number of nitrogens with zero attached hydrogens (tertiary/aromatic N) is 1. The van der Waals surface area contributed by atoms with Gasteiger partial charge in [0.1, 0.15) is 0 Å². The van der Waals surface area contributed by atoms with Gasteiger partial charge in [0, 0.05) is 12.4 Å². The minimum Gasteiger partial charge on any atom is -0.352 e. The summed E-state index contributed by atoms with van der Waals surface area (Å²) in [5.74, 6) is 0. The van der Waals surface area contributed by atoms with Crippen LogP contribution in [0.3, 0.4) is 0 Å². The third-order valence-electron chi connectivity index (χ3n) is 0.578. The predicted octanol–water partition coefficient (Wildman–Crippen LogP) is -1.21. The van der Waals surface area contributed by atoms with Gasteiger partial charge in [-0.05, 0) is 0 Å². The summed E-state index contributed by atoms with van der Waals surface area (Å²) in [4.78, 5) is 25.1. The monoisotopic (exact) mass is 156 g/mol. The molecule has 1 aromatic rings. The largest absolute Gasteiger partial charge is 0.352 e. The van der Waals surface area contributed by atoms with E-state index in [0.717, 1.165) is 0 Å². The van der Waals surface area contributed by atoms with Gasteiger partial charge in [0.15, 0.2) is 0 Å². The van der Waals surface area contributed by atoms with Crippen LogP contribution in [-0.4, -0.2) is 16.0 Å². The molecule has 2 amide bonds. The lowest BCUT2D eigenvalue weighted by Gasteiger charge is -1.73. The third kappa shape index (κ3) is 8.15. The number of nitrogens with one attached hydrogen (secondary N) is 1. The number of amides is 2. The van der Waals surface area contributed by atoms with Gasteiger partial charge in [0.25, 0.3) is 5.56 Å². The maximum atomic E-state index is 10.2. The number of hydrogen-bond donors (Lipinski definition) is 3. The summed E-state index contributed by atoms with van der Waals surface area (Å²) in [5, 5.41) is 0. The molecule has 5 N–H and O–H groups in total. The molecule has 0 saturated heterocycles. The molecule has 0 aliphatic rings. The van der Waals surface area contributed by atoms with E-state index >= 15 is 0 Å². The second-order valence-corrected chi connectivity index (χ2v) is 1.50. The molecule has 0 saturated carbocycles. The highest BCUT2D eigenvalue weighted by Crippen LogP contribution is 1.57. The fourth-order valence-corrected chi connectivity index (χ4v) is 0.310. The highest BCUT2D eigenvalue weighted by molar-refractivity contribution is 5.69. The summed E-state index contributed by atoms with van der Waals surface area (Å²) in [7, 11) is 0. The number of nitrogens with two attached hydrogens (primary N) is 2. The van der Waals surface area contributed by atoms with E-state index in [2.05, 4.69) is 21.4 Å². The van der Waals surface area contributed by atoms with Crippen LogP contribution in [0.2, 0.25) is 0 Å². The molecule has 0 spiro atoms. The summed E-state index contributed by atoms with van der Waals surface area (Å²) in [5.41, 5.74) is 8.34. The lowest BCUT2D eigenvalue weighted by Crippen LogP contribution is -2.18. The van der Waals surface area contributed by atoms with Crippen molar-refractivity contribution in [1.29, 1.82) is 0 Å². The summed E-state index contributed by atoms with van der Waals surface area (Å²) in [6, 6.07) is -0.833. The van der Waals surface area contributed by atoms with Crippen molar-refractivity contribution in [3.63, 3.8) is 0 Å². The Balaban J connectivity index is 0.000000218. The summed E-state index contributed by atoms with van der Waals surface area (Å²) >= 11 is 0. The Morgan fingerprint density at radius 3 is 2.27 bits per heavy atom. The molecule has 0 aliphatic heterocycles. The SMILES string of the molecule is NC(N)=O.O=c1cncc[nH]1. The van der Waals surface area contributed by atoms with Crippen molar-refractivity contribution in [2.75, 3.05) is 0 Å². The van der Waals surface area contributed by atoms with E-state index in [9.17, 15) is 4.79 Å². The van der Waals surface area contributed by atoms with Crippen LogP contribution in [0.25, 0.3) is 0 Å². The molecule has 0 atom stereocenters. The first-order chi connectivity index (χ1) is 5.13. The molecule has 0 radical (unpaired) electrons. The molecule has 6 heteroatoms. The van der Waals surface area contributed by atoms with Crippen molar-refractivity contribution in [3.05, 3.63) is 28.9 Å². The Hall–Kier alpha value is -1.85. The highest BCUT2D eigenvalue weighted by atomic mass is 16.2. The number of primary amides is 2. The second-order valence-electron chi connectivity index (χ2n) is 1.50. The first-order valence-corrected chi connectivity index (χ1v) is 2.66. The molecule has 0 unspecified atom stereocenters. The average molecular weight is 156 g/mol. The van der Waals surface area contributed by atoms with Gasteiger partial charge >= 0.3 is 6.03 Å². The zero-order valence-corrected chi connectivity index (χ0v) is 5.65. The van der Waals surface area contributed by atoms with Crippen LogP contribution in [0.15, 0.2) is 23.4 Å². The number of carbonyl (C=O) groups excluding carboxylic acids is 1.